The lowest BCUT2D eigenvalue weighted by Crippen LogP contribution is -2.34. The van der Waals surface area contributed by atoms with Crippen molar-refractivity contribution in [2.45, 2.75) is 20.8 Å². The van der Waals surface area contributed by atoms with Gasteiger partial charge in [0, 0.05) is 19.6 Å². The van der Waals surface area contributed by atoms with Gasteiger partial charge in [-0.25, -0.2) is 0 Å². The molecule has 0 saturated carbocycles. The Labute approximate surface area is 77.5 Å². The summed E-state index contributed by atoms with van der Waals surface area (Å²) in [5, 5.41) is 0. The van der Waals surface area contributed by atoms with Crippen molar-refractivity contribution >= 4 is 0 Å². The van der Waals surface area contributed by atoms with E-state index in [-0.39, 0.29) is 0 Å². The van der Waals surface area contributed by atoms with Crippen LogP contribution in [0.4, 0.5) is 0 Å². The van der Waals surface area contributed by atoms with Crippen molar-refractivity contribution in [1.82, 2.24) is 9.80 Å². The molecule has 0 saturated heterocycles. The molecule has 0 aliphatic carbocycles. The molecule has 0 radical (unpaired) electrons. The van der Waals surface area contributed by atoms with E-state index in [1.807, 2.05) is 0 Å². The van der Waals surface area contributed by atoms with Crippen LogP contribution in [0.1, 0.15) is 20.8 Å². The number of rotatable bonds is 4. The Kier molecular flexibility index (Phi) is 4.80. The number of likely N-dealkylation sites (N-methyl/N-ethyl adjacent to an activating group) is 2. The average Bonchev–Trinajstić information content (AvgIpc) is 1.79. The number of hydrogen-bond acceptors (Lipinski definition) is 2. The van der Waals surface area contributed by atoms with Crippen molar-refractivity contribution in [2.75, 3.05) is 40.8 Å². The van der Waals surface area contributed by atoms with Gasteiger partial charge in [0.15, 0.2) is 0 Å². The highest BCUT2D eigenvalue weighted by Crippen LogP contribution is 2.13. The maximum Gasteiger partial charge on any atom is 0.0106 e. The van der Waals surface area contributed by atoms with Crippen LogP contribution in [0.15, 0.2) is 0 Å². The molecule has 0 aromatic carbocycles. The highest BCUT2D eigenvalue weighted by Gasteiger charge is 2.12. The fourth-order valence-electron chi connectivity index (χ4n) is 1.26. The van der Waals surface area contributed by atoms with Crippen LogP contribution in [-0.4, -0.2) is 50.6 Å². The summed E-state index contributed by atoms with van der Waals surface area (Å²) in [5.41, 5.74) is 0.418. The maximum atomic E-state index is 2.39. The normalized spacial score (nSPS) is 13.0. The monoisotopic (exact) mass is 172 g/mol. The molecule has 0 aromatic heterocycles. The van der Waals surface area contributed by atoms with E-state index in [1.54, 1.807) is 0 Å². The van der Waals surface area contributed by atoms with Crippen molar-refractivity contribution in [1.29, 1.82) is 0 Å². The third-order valence-corrected chi connectivity index (χ3v) is 1.67. The standard InChI is InChI=1S/C10H24N2/c1-10(2,3)9-12(6)8-7-11(4)5/h7-9H2,1-6H3. The summed E-state index contributed by atoms with van der Waals surface area (Å²) in [7, 11) is 6.42. The van der Waals surface area contributed by atoms with Gasteiger partial charge in [-0.3, -0.25) is 0 Å². The molecule has 74 valence electrons. The molecule has 0 rings (SSSR count). The van der Waals surface area contributed by atoms with Crippen LogP contribution in [0.5, 0.6) is 0 Å². The van der Waals surface area contributed by atoms with Crippen LogP contribution in [0.2, 0.25) is 0 Å². The molecule has 0 fully saturated rings. The summed E-state index contributed by atoms with van der Waals surface area (Å²) >= 11 is 0. The second-order valence-corrected chi connectivity index (χ2v) is 5.10. The Morgan fingerprint density at radius 1 is 0.917 bits per heavy atom. The van der Waals surface area contributed by atoms with Gasteiger partial charge < -0.3 is 9.80 Å². The minimum absolute atomic E-state index is 0.418. The lowest BCUT2D eigenvalue weighted by atomic mass is 9.96. The highest BCUT2D eigenvalue weighted by atomic mass is 15.1. The summed E-state index contributed by atoms with van der Waals surface area (Å²) in [6.07, 6.45) is 0. The number of nitrogens with zero attached hydrogens (tertiary/aromatic N) is 2. The first-order valence-corrected chi connectivity index (χ1v) is 4.64. The summed E-state index contributed by atoms with van der Waals surface area (Å²) in [5.74, 6) is 0. The molecule has 0 atom stereocenters. The van der Waals surface area contributed by atoms with Crippen molar-refractivity contribution in [2.24, 2.45) is 5.41 Å². The largest absolute Gasteiger partial charge is 0.308 e. The zero-order valence-corrected chi connectivity index (χ0v) is 9.52. The van der Waals surface area contributed by atoms with Gasteiger partial charge in [-0.1, -0.05) is 20.8 Å². The fraction of sp³-hybridized carbons (Fsp3) is 1.00. The van der Waals surface area contributed by atoms with E-state index in [1.165, 1.54) is 6.54 Å². The van der Waals surface area contributed by atoms with Crippen LogP contribution in [0.25, 0.3) is 0 Å². The van der Waals surface area contributed by atoms with Gasteiger partial charge in [0.25, 0.3) is 0 Å². The van der Waals surface area contributed by atoms with E-state index in [2.05, 4.69) is 51.7 Å². The molecule has 0 N–H and O–H groups in total. The Hall–Kier alpha value is -0.0800. The van der Waals surface area contributed by atoms with Crippen molar-refractivity contribution in [3.05, 3.63) is 0 Å². The molecule has 0 heterocycles. The quantitative estimate of drug-likeness (QED) is 0.634. The van der Waals surface area contributed by atoms with Crippen molar-refractivity contribution in [3.63, 3.8) is 0 Å². The molecule has 0 aromatic rings. The van der Waals surface area contributed by atoms with Gasteiger partial charge in [0.1, 0.15) is 0 Å². The van der Waals surface area contributed by atoms with E-state index in [9.17, 15) is 0 Å². The van der Waals surface area contributed by atoms with Gasteiger partial charge in [-0.15, -0.1) is 0 Å². The van der Waals surface area contributed by atoms with Crippen LogP contribution >= 0.6 is 0 Å². The number of hydrogen-bond donors (Lipinski definition) is 0. The van der Waals surface area contributed by atoms with Crippen LogP contribution in [0.3, 0.4) is 0 Å². The second kappa shape index (κ2) is 4.83. The molecule has 0 unspecified atom stereocenters. The Bertz CT molecular complexity index is 113. The predicted octanol–water partition coefficient (Wildman–Crippen LogP) is 1.53. The molecule has 2 heteroatoms. The predicted molar refractivity (Wildman–Crippen MR) is 55.5 cm³/mol. The lowest BCUT2D eigenvalue weighted by Gasteiger charge is -2.27. The molecule has 0 bridgehead atoms. The molecule has 0 amide bonds. The summed E-state index contributed by atoms with van der Waals surface area (Å²) in [6.45, 7) is 10.3. The van der Waals surface area contributed by atoms with E-state index < -0.39 is 0 Å². The van der Waals surface area contributed by atoms with Gasteiger partial charge in [0.05, 0.1) is 0 Å². The zero-order chi connectivity index (χ0) is 9.78. The van der Waals surface area contributed by atoms with Crippen LogP contribution < -0.4 is 0 Å². The van der Waals surface area contributed by atoms with Gasteiger partial charge in [-0.05, 0) is 26.6 Å². The van der Waals surface area contributed by atoms with Gasteiger partial charge in [0.2, 0.25) is 0 Å². The minimum Gasteiger partial charge on any atom is -0.308 e. The van der Waals surface area contributed by atoms with E-state index in [0.29, 0.717) is 5.41 Å². The van der Waals surface area contributed by atoms with Crippen molar-refractivity contribution in [3.8, 4) is 0 Å². The maximum absolute atomic E-state index is 2.39. The van der Waals surface area contributed by atoms with Gasteiger partial charge >= 0.3 is 0 Å². The van der Waals surface area contributed by atoms with Crippen LogP contribution in [-0.2, 0) is 0 Å². The highest BCUT2D eigenvalue weighted by molar-refractivity contribution is 4.66. The second-order valence-electron chi connectivity index (χ2n) is 5.10. The van der Waals surface area contributed by atoms with E-state index >= 15 is 0 Å². The fourth-order valence-corrected chi connectivity index (χ4v) is 1.26. The molecule has 12 heavy (non-hydrogen) atoms. The lowest BCUT2D eigenvalue weighted by molar-refractivity contribution is 0.209. The Morgan fingerprint density at radius 3 is 1.75 bits per heavy atom. The Balaban J connectivity index is 3.53. The molecule has 2 nitrogen and oxygen atoms in total. The van der Waals surface area contributed by atoms with E-state index in [4.69, 9.17) is 0 Å². The topological polar surface area (TPSA) is 6.48 Å². The summed E-state index contributed by atoms with van der Waals surface area (Å²) in [6, 6.07) is 0. The van der Waals surface area contributed by atoms with Gasteiger partial charge in [-0.2, -0.15) is 0 Å². The van der Waals surface area contributed by atoms with Crippen molar-refractivity contribution < 1.29 is 0 Å². The summed E-state index contributed by atoms with van der Waals surface area (Å²) in [4.78, 5) is 4.61. The first-order valence-electron chi connectivity index (χ1n) is 4.64. The molecular weight excluding hydrogens is 148 g/mol. The zero-order valence-electron chi connectivity index (χ0n) is 9.52. The molecule has 0 aliphatic rings. The third-order valence-electron chi connectivity index (χ3n) is 1.67. The Morgan fingerprint density at radius 2 is 1.42 bits per heavy atom. The average molecular weight is 172 g/mol. The van der Waals surface area contributed by atoms with E-state index in [0.717, 1.165) is 13.1 Å². The van der Waals surface area contributed by atoms with Crippen LogP contribution in [0, 0.1) is 5.41 Å². The molecular formula is C10H24N2. The smallest absolute Gasteiger partial charge is 0.0106 e. The first-order chi connectivity index (χ1) is 5.31. The SMILES string of the molecule is CN(C)CCN(C)CC(C)(C)C. The summed E-state index contributed by atoms with van der Waals surface area (Å²) < 4.78 is 0. The minimum atomic E-state index is 0.418. The molecule has 0 spiro atoms. The third kappa shape index (κ3) is 8.02. The first kappa shape index (κ1) is 11.9. The molecule has 0 aliphatic heterocycles.